The molecule has 1 saturated heterocycles. The molecule has 2 fully saturated rings. The van der Waals surface area contributed by atoms with Crippen LogP contribution in [0.4, 0.5) is 0 Å². The van der Waals surface area contributed by atoms with Crippen LogP contribution in [0.25, 0.3) is 0 Å². The summed E-state index contributed by atoms with van der Waals surface area (Å²) in [6.45, 7) is 6.99. The maximum atomic E-state index is 10.7. The van der Waals surface area contributed by atoms with Crippen LogP contribution in [0.15, 0.2) is 0 Å². The van der Waals surface area contributed by atoms with Gasteiger partial charge in [-0.15, -0.1) is 0 Å². The normalized spacial score (nSPS) is 45.5. The van der Waals surface area contributed by atoms with Gasteiger partial charge in [-0.1, -0.05) is 20.8 Å². The third-order valence-corrected chi connectivity index (χ3v) is 7.47. The molecule has 0 aromatic carbocycles. The van der Waals surface area contributed by atoms with E-state index in [2.05, 4.69) is 20.8 Å². The van der Waals surface area contributed by atoms with Crippen LogP contribution >= 0.6 is 23.5 Å². The van der Waals surface area contributed by atoms with E-state index in [0.29, 0.717) is 16.4 Å². The first kappa shape index (κ1) is 14.1. The van der Waals surface area contributed by atoms with Crippen molar-refractivity contribution in [3.8, 4) is 0 Å². The summed E-state index contributed by atoms with van der Waals surface area (Å²) in [7, 11) is 0. The summed E-state index contributed by atoms with van der Waals surface area (Å²) in [5, 5.41) is 11.8. The van der Waals surface area contributed by atoms with Crippen LogP contribution in [0.5, 0.6) is 0 Å². The summed E-state index contributed by atoms with van der Waals surface area (Å²) >= 11 is 4.04. The van der Waals surface area contributed by atoms with Crippen molar-refractivity contribution in [2.24, 2.45) is 17.8 Å². The number of hydrogen-bond donors (Lipinski definition) is 1. The van der Waals surface area contributed by atoms with Gasteiger partial charge in [-0.2, -0.15) is 23.5 Å². The summed E-state index contributed by atoms with van der Waals surface area (Å²) in [6.07, 6.45) is 3.75. The predicted octanol–water partition coefficient (Wildman–Crippen LogP) is 3.66. The molecule has 0 aromatic heterocycles. The molecule has 0 radical (unpaired) electrons. The molecule has 1 saturated carbocycles. The van der Waals surface area contributed by atoms with Gasteiger partial charge in [0.15, 0.2) is 0 Å². The Bertz CT molecular complexity index is 236. The molecule has 100 valence electrons. The van der Waals surface area contributed by atoms with E-state index in [0.717, 1.165) is 11.8 Å². The van der Waals surface area contributed by atoms with Crippen molar-refractivity contribution in [2.75, 3.05) is 11.5 Å². The van der Waals surface area contributed by atoms with E-state index in [4.69, 9.17) is 0 Å². The van der Waals surface area contributed by atoms with Crippen molar-refractivity contribution < 1.29 is 5.11 Å². The number of thioether (sulfide) groups is 2. The molecule has 1 aliphatic carbocycles. The molecule has 0 bridgehead atoms. The Morgan fingerprint density at radius 3 is 2.12 bits per heavy atom. The van der Waals surface area contributed by atoms with Crippen LogP contribution < -0.4 is 0 Å². The molecular weight excluding hydrogens is 248 g/mol. The Hall–Kier alpha value is 0.660. The number of rotatable bonds is 2. The van der Waals surface area contributed by atoms with Crippen LogP contribution in [0, 0.1) is 17.8 Å². The molecule has 2 rings (SSSR count). The number of aliphatic hydroxyl groups is 1. The van der Waals surface area contributed by atoms with Gasteiger partial charge in [0.25, 0.3) is 0 Å². The standard InChI is InChI=1S/C14H26OS2/c1-9-6-10(2)8-12(7-9)13(15)14-11(3)16-4-5-17-14/h9-15H,4-8H2,1-3H3. The van der Waals surface area contributed by atoms with Crippen LogP contribution in [-0.4, -0.2) is 33.2 Å². The molecule has 5 unspecified atom stereocenters. The quantitative estimate of drug-likeness (QED) is 0.830. The minimum Gasteiger partial charge on any atom is -0.392 e. The van der Waals surface area contributed by atoms with Crippen LogP contribution in [0.2, 0.25) is 0 Å². The lowest BCUT2D eigenvalue weighted by molar-refractivity contribution is 0.0543. The fourth-order valence-electron chi connectivity index (χ4n) is 3.58. The second-order valence-electron chi connectivity index (χ2n) is 6.08. The number of hydrogen-bond acceptors (Lipinski definition) is 3. The molecule has 0 aromatic rings. The zero-order valence-electron chi connectivity index (χ0n) is 11.3. The molecule has 3 heteroatoms. The Morgan fingerprint density at radius 2 is 1.53 bits per heavy atom. The minimum atomic E-state index is -0.0759. The van der Waals surface area contributed by atoms with Crippen molar-refractivity contribution in [2.45, 2.75) is 56.6 Å². The summed E-state index contributed by atoms with van der Waals surface area (Å²) in [4.78, 5) is 0. The molecule has 0 spiro atoms. The third kappa shape index (κ3) is 3.57. The maximum absolute atomic E-state index is 10.7. The van der Waals surface area contributed by atoms with Crippen molar-refractivity contribution in [1.29, 1.82) is 0 Å². The van der Waals surface area contributed by atoms with Crippen LogP contribution in [0.1, 0.15) is 40.0 Å². The highest BCUT2D eigenvalue weighted by atomic mass is 32.2. The average molecular weight is 274 g/mol. The van der Waals surface area contributed by atoms with E-state index in [9.17, 15) is 5.11 Å². The summed E-state index contributed by atoms with van der Waals surface area (Å²) < 4.78 is 0. The van der Waals surface area contributed by atoms with Gasteiger partial charge in [-0.3, -0.25) is 0 Å². The lowest BCUT2D eigenvalue weighted by Crippen LogP contribution is -2.42. The topological polar surface area (TPSA) is 20.2 Å². The van der Waals surface area contributed by atoms with Gasteiger partial charge in [0.1, 0.15) is 0 Å². The van der Waals surface area contributed by atoms with Gasteiger partial charge in [-0.25, -0.2) is 0 Å². The molecule has 0 amide bonds. The Labute approximate surface area is 115 Å². The second-order valence-corrected chi connectivity index (χ2v) is 8.85. The SMILES string of the molecule is CC1CC(C)CC(C(O)C2SCCSC2C)C1. The minimum absolute atomic E-state index is 0.0759. The molecule has 5 atom stereocenters. The molecule has 1 N–H and O–H groups in total. The van der Waals surface area contributed by atoms with E-state index in [1.54, 1.807) is 0 Å². The predicted molar refractivity (Wildman–Crippen MR) is 79.8 cm³/mol. The molecule has 1 aliphatic heterocycles. The van der Waals surface area contributed by atoms with Crippen LogP contribution in [0.3, 0.4) is 0 Å². The fourth-order valence-corrected chi connectivity index (χ4v) is 6.51. The molecule has 2 aliphatic rings. The first-order valence-corrected chi connectivity index (χ1v) is 9.09. The average Bonchev–Trinajstić information content (AvgIpc) is 2.27. The Morgan fingerprint density at radius 1 is 0.941 bits per heavy atom. The molecular formula is C14H26OS2. The van der Waals surface area contributed by atoms with E-state index in [1.807, 2.05) is 23.5 Å². The smallest absolute Gasteiger partial charge is 0.0697 e. The number of aliphatic hydroxyl groups excluding tert-OH is 1. The monoisotopic (exact) mass is 274 g/mol. The highest BCUT2D eigenvalue weighted by Gasteiger charge is 2.37. The molecule has 1 heterocycles. The Kier molecular flexibility index (Phi) is 5.14. The van der Waals surface area contributed by atoms with Gasteiger partial charge >= 0.3 is 0 Å². The lowest BCUT2D eigenvalue weighted by atomic mass is 9.74. The first-order chi connectivity index (χ1) is 8.08. The van der Waals surface area contributed by atoms with Gasteiger partial charge < -0.3 is 5.11 Å². The summed E-state index contributed by atoms with van der Waals surface area (Å²) in [6, 6.07) is 0. The summed E-state index contributed by atoms with van der Waals surface area (Å²) in [5.41, 5.74) is 0. The first-order valence-electron chi connectivity index (χ1n) is 6.99. The Balaban J connectivity index is 1.95. The lowest BCUT2D eigenvalue weighted by Gasteiger charge is -2.40. The summed E-state index contributed by atoms with van der Waals surface area (Å²) in [5.74, 6) is 4.62. The van der Waals surface area contributed by atoms with Gasteiger partial charge in [-0.05, 0) is 37.0 Å². The maximum Gasteiger partial charge on any atom is 0.0697 e. The van der Waals surface area contributed by atoms with Gasteiger partial charge in [0.2, 0.25) is 0 Å². The van der Waals surface area contributed by atoms with Gasteiger partial charge in [0, 0.05) is 22.0 Å². The van der Waals surface area contributed by atoms with E-state index in [1.165, 1.54) is 30.8 Å². The molecule has 17 heavy (non-hydrogen) atoms. The van der Waals surface area contributed by atoms with Crippen LogP contribution in [-0.2, 0) is 0 Å². The van der Waals surface area contributed by atoms with Gasteiger partial charge in [0.05, 0.1) is 6.10 Å². The van der Waals surface area contributed by atoms with Crippen molar-refractivity contribution in [1.82, 2.24) is 0 Å². The largest absolute Gasteiger partial charge is 0.392 e. The van der Waals surface area contributed by atoms with E-state index in [-0.39, 0.29) is 6.10 Å². The van der Waals surface area contributed by atoms with E-state index >= 15 is 0 Å². The zero-order valence-corrected chi connectivity index (χ0v) is 12.9. The molecule has 1 nitrogen and oxygen atoms in total. The zero-order chi connectivity index (χ0) is 12.4. The van der Waals surface area contributed by atoms with Crippen molar-refractivity contribution in [3.05, 3.63) is 0 Å². The highest BCUT2D eigenvalue weighted by Crippen LogP contribution is 2.41. The fraction of sp³-hybridized carbons (Fsp3) is 1.00. The second kappa shape index (κ2) is 6.21. The third-order valence-electron chi connectivity index (χ3n) is 4.27. The van der Waals surface area contributed by atoms with Crippen molar-refractivity contribution >= 4 is 23.5 Å². The highest BCUT2D eigenvalue weighted by molar-refractivity contribution is 8.07. The van der Waals surface area contributed by atoms with Crippen molar-refractivity contribution in [3.63, 3.8) is 0 Å². The van der Waals surface area contributed by atoms with E-state index < -0.39 is 0 Å².